The molecule has 0 aliphatic carbocycles. The summed E-state index contributed by atoms with van der Waals surface area (Å²) in [5.74, 6) is -0.779. The van der Waals surface area contributed by atoms with Crippen LogP contribution in [0.5, 0.6) is 5.88 Å². The van der Waals surface area contributed by atoms with Gasteiger partial charge in [-0.2, -0.15) is 4.98 Å². The zero-order valence-corrected chi connectivity index (χ0v) is 16.0. The van der Waals surface area contributed by atoms with Gasteiger partial charge >= 0.3 is 12.0 Å². The van der Waals surface area contributed by atoms with Crippen LogP contribution in [-0.4, -0.2) is 44.1 Å². The molecule has 2 rings (SSSR count). The summed E-state index contributed by atoms with van der Waals surface area (Å²) in [5.41, 5.74) is 0.505. The number of carbonyl (C=O) groups is 2. The minimum Gasteiger partial charge on any atom is -0.481 e. The van der Waals surface area contributed by atoms with Crippen LogP contribution in [0.4, 0.5) is 10.7 Å². The first-order valence-corrected chi connectivity index (χ1v) is 9.72. The Morgan fingerprint density at radius 3 is 2.78 bits per heavy atom. The summed E-state index contributed by atoms with van der Waals surface area (Å²) >= 11 is 0.872. The van der Waals surface area contributed by atoms with Crippen molar-refractivity contribution in [2.24, 2.45) is 0 Å². The van der Waals surface area contributed by atoms with E-state index in [1.807, 2.05) is 0 Å². The third kappa shape index (κ3) is 5.24. The fourth-order valence-corrected chi connectivity index (χ4v) is 4.08. The van der Waals surface area contributed by atoms with Crippen molar-refractivity contribution in [1.82, 2.24) is 14.7 Å². The van der Waals surface area contributed by atoms with Crippen molar-refractivity contribution >= 4 is 39.3 Å². The van der Waals surface area contributed by atoms with Gasteiger partial charge in [-0.25, -0.2) is 27.7 Å². The van der Waals surface area contributed by atoms with Gasteiger partial charge in [0, 0.05) is 11.8 Å². The third-order valence-corrected chi connectivity index (χ3v) is 5.33. The molecule has 0 atom stereocenters. The van der Waals surface area contributed by atoms with Crippen molar-refractivity contribution in [2.75, 3.05) is 19.0 Å². The van der Waals surface area contributed by atoms with Gasteiger partial charge in [0.2, 0.25) is 11.8 Å². The topological polar surface area (TPSA) is 137 Å². The highest BCUT2D eigenvalue weighted by molar-refractivity contribution is 7.90. The predicted octanol–water partition coefficient (Wildman–Crippen LogP) is 1.71. The Hall–Kier alpha value is -2.99. The molecule has 2 N–H and O–H groups in total. The Bertz CT molecular complexity index is 970. The maximum atomic E-state index is 12.4. The fraction of sp³-hybridized carbons (Fsp3) is 0.200. The molecule has 27 heavy (non-hydrogen) atoms. The highest BCUT2D eigenvalue weighted by Gasteiger charge is 2.27. The Morgan fingerprint density at radius 1 is 1.37 bits per heavy atom. The molecule has 0 aliphatic rings. The monoisotopic (exact) mass is 412 g/mol. The standard InChI is InChI=1S/C15H16N4O6S2/c1-4-6-25-13(20)12-10(5-7-26-12)27(22,23)19-15(21)18-14-16-9(2)8-11(17-14)24-3/h4-5,7-8H,1,6H2,2-3H3,(H2,16,17,18,19,21). The number of esters is 1. The van der Waals surface area contributed by atoms with Crippen LogP contribution in [-0.2, 0) is 14.8 Å². The molecule has 0 bridgehead atoms. The maximum absolute atomic E-state index is 12.4. The minimum atomic E-state index is -4.33. The largest absolute Gasteiger partial charge is 0.481 e. The summed E-state index contributed by atoms with van der Waals surface area (Å²) in [7, 11) is -2.94. The second kappa shape index (κ2) is 8.60. The van der Waals surface area contributed by atoms with Crippen molar-refractivity contribution in [2.45, 2.75) is 11.8 Å². The Labute approximate surface area is 159 Å². The molecule has 0 unspecified atom stereocenters. The van der Waals surface area contributed by atoms with E-state index in [4.69, 9.17) is 9.47 Å². The number of thiophene rings is 1. The molecule has 144 valence electrons. The summed E-state index contributed by atoms with van der Waals surface area (Å²) < 4.78 is 36.4. The van der Waals surface area contributed by atoms with Gasteiger partial charge in [0.1, 0.15) is 16.4 Å². The summed E-state index contributed by atoms with van der Waals surface area (Å²) in [6.07, 6.45) is 1.35. The number of hydrogen-bond donors (Lipinski definition) is 2. The molecule has 12 heteroatoms. The number of ether oxygens (including phenoxy) is 2. The molecule has 0 saturated heterocycles. The number of aromatic nitrogens is 2. The summed E-state index contributed by atoms with van der Waals surface area (Å²) in [6, 6.07) is 1.63. The molecule has 0 fully saturated rings. The van der Waals surface area contributed by atoms with Crippen LogP contribution in [0.2, 0.25) is 0 Å². The molecule has 0 spiro atoms. The molecule has 0 radical (unpaired) electrons. The van der Waals surface area contributed by atoms with Crippen LogP contribution in [0.15, 0.2) is 35.1 Å². The number of hydrogen-bond acceptors (Lipinski definition) is 9. The van der Waals surface area contributed by atoms with E-state index >= 15 is 0 Å². The van der Waals surface area contributed by atoms with Crippen LogP contribution in [0.25, 0.3) is 0 Å². The molecule has 0 aromatic carbocycles. The van der Waals surface area contributed by atoms with E-state index in [0.717, 1.165) is 11.3 Å². The average Bonchev–Trinajstić information content (AvgIpc) is 3.09. The number of urea groups is 1. The number of amides is 2. The Balaban J connectivity index is 2.16. The van der Waals surface area contributed by atoms with Crippen molar-refractivity contribution in [3.05, 3.63) is 40.7 Å². The van der Waals surface area contributed by atoms with Crippen LogP contribution >= 0.6 is 11.3 Å². The molecule has 2 heterocycles. The summed E-state index contributed by atoms with van der Waals surface area (Å²) in [4.78, 5) is 31.3. The van der Waals surface area contributed by atoms with Gasteiger partial charge in [-0.3, -0.25) is 5.32 Å². The highest BCUT2D eigenvalue weighted by atomic mass is 32.2. The van der Waals surface area contributed by atoms with Crippen LogP contribution < -0.4 is 14.8 Å². The zero-order valence-electron chi connectivity index (χ0n) is 14.4. The molecule has 2 aromatic heterocycles. The van der Waals surface area contributed by atoms with Crippen molar-refractivity contribution in [3.63, 3.8) is 0 Å². The number of methoxy groups -OCH3 is 1. The molecule has 2 amide bonds. The lowest BCUT2D eigenvalue weighted by molar-refractivity contribution is 0.0551. The molecule has 0 aliphatic heterocycles. The number of nitrogens with one attached hydrogen (secondary N) is 2. The normalized spacial score (nSPS) is 10.7. The number of nitrogens with zero attached hydrogens (tertiary/aromatic N) is 2. The average molecular weight is 412 g/mol. The lowest BCUT2D eigenvalue weighted by atomic mass is 10.4. The van der Waals surface area contributed by atoms with Gasteiger partial charge in [0.05, 0.1) is 7.11 Å². The molecular weight excluding hydrogens is 396 g/mol. The first-order chi connectivity index (χ1) is 12.8. The lowest BCUT2D eigenvalue weighted by Crippen LogP contribution is -2.35. The number of carbonyl (C=O) groups excluding carboxylic acids is 2. The van der Waals surface area contributed by atoms with Crippen molar-refractivity contribution in [3.8, 4) is 5.88 Å². The fourth-order valence-electron chi connectivity index (χ4n) is 1.86. The van der Waals surface area contributed by atoms with E-state index < -0.39 is 22.0 Å². The minimum absolute atomic E-state index is 0.0728. The number of sulfonamides is 1. The van der Waals surface area contributed by atoms with Crippen LogP contribution in [0, 0.1) is 6.92 Å². The maximum Gasteiger partial charge on any atom is 0.350 e. The number of anilines is 1. The number of aryl methyl sites for hydroxylation is 1. The van der Waals surface area contributed by atoms with Gasteiger partial charge < -0.3 is 9.47 Å². The second-order valence-electron chi connectivity index (χ2n) is 4.94. The first kappa shape index (κ1) is 20.3. The van der Waals surface area contributed by atoms with Gasteiger partial charge in [-0.15, -0.1) is 11.3 Å². The summed E-state index contributed by atoms with van der Waals surface area (Å²) in [5, 5.41) is 3.60. The van der Waals surface area contributed by atoms with E-state index in [9.17, 15) is 18.0 Å². The summed E-state index contributed by atoms with van der Waals surface area (Å²) in [6.45, 7) is 4.98. The smallest absolute Gasteiger partial charge is 0.350 e. The molecule has 10 nitrogen and oxygen atoms in total. The van der Waals surface area contributed by atoms with E-state index in [2.05, 4.69) is 21.9 Å². The number of rotatable bonds is 7. The van der Waals surface area contributed by atoms with Gasteiger partial charge in [-0.05, 0) is 18.4 Å². The Kier molecular flexibility index (Phi) is 6.47. The molecule has 0 saturated carbocycles. The quantitative estimate of drug-likeness (QED) is 0.518. The second-order valence-corrected chi connectivity index (χ2v) is 7.50. The predicted molar refractivity (Wildman–Crippen MR) is 97.5 cm³/mol. The van der Waals surface area contributed by atoms with E-state index in [1.165, 1.54) is 30.7 Å². The van der Waals surface area contributed by atoms with Crippen LogP contribution in [0.1, 0.15) is 15.4 Å². The van der Waals surface area contributed by atoms with E-state index in [1.54, 1.807) is 11.6 Å². The molecule has 2 aromatic rings. The van der Waals surface area contributed by atoms with E-state index in [-0.39, 0.29) is 28.2 Å². The van der Waals surface area contributed by atoms with E-state index in [0.29, 0.717) is 5.69 Å². The third-order valence-electron chi connectivity index (χ3n) is 2.93. The van der Waals surface area contributed by atoms with Crippen molar-refractivity contribution < 1.29 is 27.5 Å². The van der Waals surface area contributed by atoms with Gasteiger partial charge in [0.25, 0.3) is 10.0 Å². The SMILES string of the molecule is C=CCOC(=O)c1sccc1S(=O)(=O)NC(=O)Nc1nc(C)cc(OC)n1. The van der Waals surface area contributed by atoms with Gasteiger partial charge in [-0.1, -0.05) is 12.7 Å². The Morgan fingerprint density at radius 2 is 2.11 bits per heavy atom. The highest BCUT2D eigenvalue weighted by Crippen LogP contribution is 2.23. The van der Waals surface area contributed by atoms with Gasteiger partial charge in [0.15, 0.2) is 0 Å². The lowest BCUT2D eigenvalue weighted by Gasteiger charge is -2.09. The zero-order chi connectivity index (χ0) is 20.0. The first-order valence-electron chi connectivity index (χ1n) is 7.36. The van der Waals surface area contributed by atoms with Crippen molar-refractivity contribution in [1.29, 1.82) is 0 Å². The molecular formula is C15H16N4O6S2. The van der Waals surface area contributed by atoms with Crippen LogP contribution in [0.3, 0.4) is 0 Å².